The second-order valence-electron chi connectivity index (χ2n) is 3.92. The summed E-state index contributed by atoms with van der Waals surface area (Å²) >= 11 is 0.980. The number of carbonyl (C=O) groups excluding carboxylic acids is 2. The molecule has 0 radical (unpaired) electrons. The van der Waals surface area contributed by atoms with Gasteiger partial charge in [0.15, 0.2) is 5.78 Å². The lowest BCUT2D eigenvalue weighted by molar-refractivity contribution is -0.128. The Bertz CT molecular complexity index is 485. The van der Waals surface area contributed by atoms with Gasteiger partial charge in [-0.1, -0.05) is 23.8 Å². The molecule has 0 aliphatic carbocycles. The summed E-state index contributed by atoms with van der Waals surface area (Å²) in [6.45, 7) is 1.89. The number of alkyl halides is 2. The lowest BCUT2D eigenvalue weighted by atomic mass is 9.98. The maximum atomic E-state index is 12.3. The Kier molecular flexibility index (Phi) is 3.28. The minimum Gasteiger partial charge on any atom is -0.292 e. The maximum absolute atomic E-state index is 12.3. The molecular weight excluding hydrogens is 246 g/mol. The van der Waals surface area contributed by atoms with E-state index in [2.05, 4.69) is 0 Å². The topological polar surface area (TPSA) is 34.1 Å². The maximum Gasteiger partial charge on any atom is 0.297 e. The number of benzene rings is 1. The van der Waals surface area contributed by atoms with Crippen molar-refractivity contribution in [2.75, 3.05) is 0 Å². The number of carbonyl (C=O) groups is 2. The first-order chi connectivity index (χ1) is 8.00. The smallest absolute Gasteiger partial charge is 0.292 e. The van der Waals surface area contributed by atoms with Crippen LogP contribution in [0.15, 0.2) is 18.2 Å². The van der Waals surface area contributed by atoms with Gasteiger partial charge in [0.1, 0.15) is 5.25 Å². The Balaban J connectivity index is 2.34. The Morgan fingerprint density at radius 3 is 2.82 bits per heavy atom. The molecule has 0 N–H and O–H groups in total. The second kappa shape index (κ2) is 4.56. The lowest BCUT2D eigenvalue weighted by Gasteiger charge is -2.21. The first-order valence-corrected chi connectivity index (χ1v) is 6.13. The highest BCUT2D eigenvalue weighted by Gasteiger charge is 2.37. The number of rotatable bonds is 2. The largest absolute Gasteiger partial charge is 0.297 e. The van der Waals surface area contributed by atoms with Crippen molar-refractivity contribution >= 4 is 23.3 Å². The van der Waals surface area contributed by atoms with Crippen LogP contribution < -0.4 is 0 Å². The number of ketones is 2. The molecule has 2 rings (SSSR count). The van der Waals surface area contributed by atoms with Crippen molar-refractivity contribution in [1.29, 1.82) is 0 Å². The highest BCUT2D eigenvalue weighted by atomic mass is 32.2. The molecule has 0 spiro atoms. The molecule has 1 unspecified atom stereocenters. The van der Waals surface area contributed by atoms with Crippen LogP contribution >= 0.6 is 11.8 Å². The molecule has 90 valence electrons. The first-order valence-electron chi connectivity index (χ1n) is 5.08. The van der Waals surface area contributed by atoms with E-state index in [0.717, 1.165) is 22.9 Å². The van der Waals surface area contributed by atoms with Crippen molar-refractivity contribution in [1.82, 2.24) is 0 Å². The van der Waals surface area contributed by atoms with Gasteiger partial charge in [-0.15, -0.1) is 11.8 Å². The number of fused-ring (bicyclic) bond motifs is 1. The molecular formula is C12H10F2O2S. The molecule has 0 amide bonds. The Morgan fingerprint density at radius 1 is 1.47 bits per heavy atom. The lowest BCUT2D eigenvalue weighted by Crippen LogP contribution is -2.35. The third-order valence-corrected chi connectivity index (χ3v) is 3.90. The van der Waals surface area contributed by atoms with E-state index in [-0.39, 0.29) is 0 Å². The zero-order valence-corrected chi connectivity index (χ0v) is 9.89. The summed E-state index contributed by atoms with van der Waals surface area (Å²) in [6.07, 6.45) is -3.08. The summed E-state index contributed by atoms with van der Waals surface area (Å²) in [6, 6.07) is 5.21. The molecule has 1 aliphatic rings. The van der Waals surface area contributed by atoms with E-state index in [0.29, 0.717) is 11.3 Å². The van der Waals surface area contributed by atoms with E-state index in [4.69, 9.17) is 0 Å². The summed E-state index contributed by atoms with van der Waals surface area (Å²) in [5.41, 5.74) is 2.22. The molecule has 0 saturated carbocycles. The molecule has 0 fully saturated rings. The van der Waals surface area contributed by atoms with Crippen molar-refractivity contribution in [3.05, 3.63) is 34.9 Å². The number of halogens is 2. The van der Waals surface area contributed by atoms with Crippen LogP contribution in [-0.2, 0) is 10.5 Å². The van der Waals surface area contributed by atoms with E-state index in [1.165, 1.54) is 0 Å². The van der Waals surface area contributed by atoms with Crippen LogP contribution in [0.3, 0.4) is 0 Å². The van der Waals surface area contributed by atoms with E-state index < -0.39 is 23.2 Å². The van der Waals surface area contributed by atoms with Crippen LogP contribution in [0.2, 0.25) is 0 Å². The molecule has 1 heterocycles. The molecule has 1 aromatic rings. The quantitative estimate of drug-likeness (QED) is 0.763. The Labute approximate surface area is 101 Å². The number of aryl methyl sites for hydroxylation is 1. The number of hydrogen-bond acceptors (Lipinski definition) is 3. The Hall–Kier alpha value is -1.23. The molecule has 0 saturated heterocycles. The summed E-state index contributed by atoms with van der Waals surface area (Å²) in [7, 11) is 0. The predicted molar refractivity (Wildman–Crippen MR) is 61.6 cm³/mol. The highest BCUT2D eigenvalue weighted by molar-refractivity contribution is 8.00. The van der Waals surface area contributed by atoms with Gasteiger partial charge in [-0.05, 0) is 12.5 Å². The first kappa shape index (κ1) is 12.2. The standard InChI is InChI=1S/C12H10F2O2S/c1-6-2-3-8-7(4-6)5-17-11(9(8)15)10(16)12(13)14/h2-4,11-12H,5H2,1H3. The van der Waals surface area contributed by atoms with Crippen LogP contribution in [0.25, 0.3) is 0 Å². The van der Waals surface area contributed by atoms with Crippen molar-refractivity contribution in [2.24, 2.45) is 0 Å². The second-order valence-corrected chi connectivity index (χ2v) is 5.01. The van der Waals surface area contributed by atoms with Gasteiger partial charge in [-0.3, -0.25) is 9.59 Å². The SMILES string of the molecule is Cc1ccc2c(c1)CSC(C(=O)C(F)F)C2=O. The highest BCUT2D eigenvalue weighted by Crippen LogP contribution is 2.32. The van der Waals surface area contributed by atoms with E-state index in [1.54, 1.807) is 12.1 Å². The molecule has 1 atom stereocenters. The molecule has 1 aromatic carbocycles. The zero-order valence-electron chi connectivity index (χ0n) is 9.07. The molecule has 2 nitrogen and oxygen atoms in total. The summed E-state index contributed by atoms with van der Waals surface area (Å²) < 4.78 is 24.6. The average Bonchev–Trinajstić information content (AvgIpc) is 2.28. The molecule has 0 aromatic heterocycles. The fourth-order valence-corrected chi connectivity index (χ4v) is 2.93. The van der Waals surface area contributed by atoms with Gasteiger partial charge in [0, 0.05) is 11.3 Å². The number of thioether (sulfide) groups is 1. The zero-order chi connectivity index (χ0) is 12.6. The van der Waals surface area contributed by atoms with Crippen molar-refractivity contribution in [3.63, 3.8) is 0 Å². The van der Waals surface area contributed by atoms with E-state index in [9.17, 15) is 18.4 Å². The van der Waals surface area contributed by atoms with Crippen LogP contribution in [0.1, 0.15) is 21.5 Å². The van der Waals surface area contributed by atoms with Gasteiger partial charge in [0.2, 0.25) is 5.78 Å². The van der Waals surface area contributed by atoms with Crippen LogP contribution in [0.5, 0.6) is 0 Å². The summed E-state index contributed by atoms with van der Waals surface area (Å²) in [4.78, 5) is 23.1. The molecule has 17 heavy (non-hydrogen) atoms. The minimum absolute atomic E-state index is 0.397. The summed E-state index contributed by atoms with van der Waals surface area (Å²) in [5, 5.41) is -1.25. The van der Waals surface area contributed by atoms with Crippen LogP contribution in [-0.4, -0.2) is 23.2 Å². The minimum atomic E-state index is -3.08. The molecule has 5 heteroatoms. The molecule has 0 bridgehead atoms. The predicted octanol–water partition coefficient (Wildman–Crippen LogP) is 2.63. The average molecular weight is 256 g/mol. The number of Topliss-reactive ketones (excluding diaryl/α,β-unsaturated/α-hetero) is 2. The van der Waals surface area contributed by atoms with Gasteiger partial charge in [-0.2, -0.15) is 0 Å². The van der Waals surface area contributed by atoms with Crippen molar-refractivity contribution in [2.45, 2.75) is 24.4 Å². The number of hydrogen-bond donors (Lipinski definition) is 0. The van der Waals surface area contributed by atoms with Crippen molar-refractivity contribution in [3.8, 4) is 0 Å². The summed E-state index contributed by atoms with van der Waals surface area (Å²) in [5.74, 6) is -1.36. The Morgan fingerprint density at radius 2 is 2.18 bits per heavy atom. The van der Waals surface area contributed by atoms with Gasteiger partial charge >= 0.3 is 0 Å². The normalized spacial score (nSPS) is 19.3. The van der Waals surface area contributed by atoms with E-state index in [1.807, 2.05) is 13.0 Å². The van der Waals surface area contributed by atoms with Gasteiger partial charge in [0.05, 0.1) is 0 Å². The van der Waals surface area contributed by atoms with Gasteiger partial charge in [0.25, 0.3) is 6.43 Å². The van der Waals surface area contributed by atoms with Gasteiger partial charge < -0.3 is 0 Å². The van der Waals surface area contributed by atoms with Crippen LogP contribution in [0, 0.1) is 6.92 Å². The van der Waals surface area contributed by atoms with Crippen molar-refractivity contribution < 1.29 is 18.4 Å². The fraction of sp³-hybridized carbons (Fsp3) is 0.333. The van der Waals surface area contributed by atoms with Gasteiger partial charge in [-0.25, -0.2) is 8.78 Å². The third-order valence-electron chi connectivity index (χ3n) is 2.64. The monoisotopic (exact) mass is 256 g/mol. The third kappa shape index (κ3) is 2.24. The van der Waals surface area contributed by atoms with Crippen LogP contribution in [0.4, 0.5) is 8.78 Å². The molecule has 1 aliphatic heterocycles. The van der Waals surface area contributed by atoms with E-state index >= 15 is 0 Å². The fourth-order valence-electron chi connectivity index (χ4n) is 1.80.